The number of H-pyrrole nitrogens is 1. The van der Waals surface area contributed by atoms with Crippen LogP contribution in [0, 0.1) is 0 Å². The summed E-state index contributed by atoms with van der Waals surface area (Å²) in [6, 6.07) is 20.2. The second-order valence-electron chi connectivity index (χ2n) is 7.52. The molecule has 7 heteroatoms. The standard InChI is InChI=1S/C24H24N2O5/c27-22-8-4-2-6-19(22)24(30,14-23(28)29)15-25-11-12-31-16-9-10-18-17-5-1-3-7-20(17)26-21(18)13-16/h1-10,13,25-27,30H,11-12,14-15H2,(H,28,29). The van der Waals surface area contributed by atoms with E-state index in [9.17, 15) is 20.1 Å². The summed E-state index contributed by atoms with van der Waals surface area (Å²) in [4.78, 5) is 14.6. The third-order valence-corrected chi connectivity index (χ3v) is 5.29. The lowest BCUT2D eigenvalue weighted by Crippen LogP contribution is -2.41. The number of aromatic hydroxyl groups is 1. The van der Waals surface area contributed by atoms with Gasteiger partial charge < -0.3 is 30.4 Å². The number of aliphatic hydroxyl groups is 1. The van der Waals surface area contributed by atoms with Crippen LogP contribution in [0.2, 0.25) is 0 Å². The molecule has 0 aliphatic carbocycles. The van der Waals surface area contributed by atoms with Crippen LogP contribution in [-0.2, 0) is 10.4 Å². The predicted molar refractivity (Wildman–Crippen MR) is 118 cm³/mol. The number of carboxylic acid groups (broad SMARTS) is 1. The Morgan fingerprint density at radius 1 is 1.00 bits per heavy atom. The Labute approximate surface area is 178 Å². The van der Waals surface area contributed by atoms with Crippen molar-refractivity contribution in [3.05, 3.63) is 72.3 Å². The van der Waals surface area contributed by atoms with Gasteiger partial charge in [-0.1, -0.05) is 36.4 Å². The Morgan fingerprint density at radius 2 is 1.74 bits per heavy atom. The summed E-state index contributed by atoms with van der Waals surface area (Å²) in [5, 5.41) is 35.4. The predicted octanol–water partition coefficient (Wildman–Crippen LogP) is 3.36. The molecule has 31 heavy (non-hydrogen) atoms. The lowest BCUT2D eigenvalue weighted by atomic mass is 9.89. The molecule has 4 rings (SSSR count). The fraction of sp³-hybridized carbons (Fsp3) is 0.208. The summed E-state index contributed by atoms with van der Waals surface area (Å²) in [7, 11) is 0. The van der Waals surface area contributed by atoms with E-state index in [1.165, 1.54) is 12.1 Å². The van der Waals surface area contributed by atoms with Crippen LogP contribution in [0.1, 0.15) is 12.0 Å². The average Bonchev–Trinajstić information content (AvgIpc) is 3.11. The van der Waals surface area contributed by atoms with Crippen molar-refractivity contribution in [2.75, 3.05) is 19.7 Å². The molecule has 0 aliphatic heterocycles. The van der Waals surface area contributed by atoms with Crippen LogP contribution >= 0.6 is 0 Å². The number of phenols is 1. The maximum atomic E-state index is 11.2. The molecular weight excluding hydrogens is 396 g/mol. The van der Waals surface area contributed by atoms with Crippen LogP contribution in [0.4, 0.5) is 0 Å². The molecule has 0 radical (unpaired) electrons. The monoisotopic (exact) mass is 420 g/mol. The number of carboxylic acids is 1. The number of aromatic amines is 1. The highest BCUT2D eigenvalue weighted by Crippen LogP contribution is 2.32. The summed E-state index contributed by atoms with van der Waals surface area (Å²) >= 11 is 0. The van der Waals surface area contributed by atoms with Crippen molar-refractivity contribution in [1.82, 2.24) is 10.3 Å². The van der Waals surface area contributed by atoms with Gasteiger partial charge in [-0.15, -0.1) is 0 Å². The summed E-state index contributed by atoms with van der Waals surface area (Å²) in [6.07, 6.45) is -0.532. The van der Waals surface area contributed by atoms with Gasteiger partial charge in [0, 0.05) is 41.0 Å². The van der Waals surface area contributed by atoms with Crippen molar-refractivity contribution in [1.29, 1.82) is 0 Å². The minimum Gasteiger partial charge on any atom is -0.508 e. The SMILES string of the molecule is O=C(O)CC(O)(CNCCOc1ccc2c(c1)[nH]c1ccccc12)c1ccccc1O. The third kappa shape index (κ3) is 4.47. The first-order valence-electron chi connectivity index (χ1n) is 10.0. The number of carbonyl (C=O) groups is 1. The van der Waals surface area contributed by atoms with Crippen LogP contribution in [-0.4, -0.2) is 46.0 Å². The van der Waals surface area contributed by atoms with Crippen LogP contribution in [0.5, 0.6) is 11.5 Å². The topological polar surface area (TPSA) is 115 Å². The van der Waals surface area contributed by atoms with E-state index in [0.29, 0.717) is 18.9 Å². The normalized spacial score (nSPS) is 13.3. The lowest BCUT2D eigenvalue weighted by molar-refractivity contribution is -0.142. The van der Waals surface area contributed by atoms with Crippen molar-refractivity contribution < 1.29 is 24.9 Å². The highest BCUT2D eigenvalue weighted by Gasteiger charge is 2.34. The molecule has 1 atom stereocenters. The van der Waals surface area contributed by atoms with Gasteiger partial charge in [0.2, 0.25) is 0 Å². The molecule has 1 heterocycles. The maximum Gasteiger partial charge on any atom is 0.306 e. The molecule has 3 aromatic carbocycles. The number of nitrogens with one attached hydrogen (secondary N) is 2. The molecule has 7 nitrogen and oxygen atoms in total. The highest BCUT2D eigenvalue weighted by molar-refractivity contribution is 6.07. The molecular formula is C24H24N2O5. The molecule has 160 valence electrons. The number of aliphatic carboxylic acids is 1. The molecule has 4 aromatic rings. The number of para-hydroxylation sites is 2. The fourth-order valence-electron chi connectivity index (χ4n) is 3.83. The second kappa shape index (κ2) is 8.67. The number of aromatic nitrogens is 1. The molecule has 0 bridgehead atoms. The van der Waals surface area contributed by atoms with Crippen LogP contribution in [0.15, 0.2) is 66.7 Å². The number of benzene rings is 3. The minimum atomic E-state index is -1.74. The van der Waals surface area contributed by atoms with Gasteiger partial charge >= 0.3 is 5.97 Å². The Balaban J connectivity index is 1.37. The van der Waals surface area contributed by atoms with E-state index < -0.39 is 18.0 Å². The zero-order valence-electron chi connectivity index (χ0n) is 16.8. The zero-order chi connectivity index (χ0) is 21.8. The van der Waals surface area contributed by atoms with E-state index in [1.807, 2.05) is 36.4 Å². The molecule has 0 aliphatic rings. The lowest BCUT2D eigenvalue weighted by Gasteiger charge is -2.28. The molecule has 1 unspecified atom stereocenters. The van der Waals surface area contributed by atoms with Gasteiger partial charge in [0.15, 0.2) is 0 Å². The number of phenolic OH excluding ortho intramolecular Hbond substituents is 1. The fourth-order valence-corrected chi connectivity index (χ4v) is 3.83. The third-order valence-electron chi connectivity index (χ3n) is 5.29. The largest absolute Gasteiger partial charge is 0.508 e. The zero-order valence-corrected chi connectivity index (χ0v) is 16.8. The molecule has 0 saturated heterocycles. The van der Waals surface area contributed by atoms with Crippen molar-refractivity contribution in [2.45, 2.75) is 12.0 Å². The van der Waals surface area contributed by atoms with Crippen molar-refractivity contribution in [3.8, 4) is 11.5 Å². The molecule has 0 spiro atoms. The quantitative estimate of drug-likeness (QED) is 0.265. The van der Waals surface area contributed by atoms with Crippen molar-refractivity contribution >= 4 is 27.8 Å². The van der Waals surface area contributed by atoms with Gasteiger partial charge in [-0.3, -0.25) is 4.79 Å². The van der Waals surface area contributed by atoms with Crippen LogP contribution in [0.3, 0.4) is 0 Å². The molecule has 0 fully saturated rings. The van der Waals surface area contributed by atoms with E-state index in [0.717, 1.165) is 21.8 Å². The number of rotatable bonds is 9. The summed E-state index contributed by atoms with van der Waals surface area (Å²) in [6.45, 7) is 0.678. The Hall–Kier alpha value is -3.55. The summed E-state index contributed by atoms with van der Waals surface area (Å²) in [5.74, 6) is -0.589. The maximum absolute atomic E-state index is 11.2. The van der Waals surface area contributed by atoms with E-state index in [-0.39, 0.29) is 17.9 Å². The van der Waals surface area contributed by atoms with Crippen molar-refractivity contribution in [2.24, 2.45) is 0 Å². The highest BCUT2D eigenvalue weighted by atomic mass is 16.5. The van der Waals surface area contributed by atoms with Gasteiger partial charge in [0.05, 0.1) is 11.9 Å². The number of fused-ring (bicyclic) bond motifs is 3. The Morgan fingerprint density at radius 3 is 2.55 bits per heavy atom. The van der Waals surface area contributed by atoms with Crippen LogP contribution < -0.4 is 10.1 Å². The van der Waals surface area contributed by atoms with Gasteiger partial charge in [0.1, 0.15) is 23.7 Å². The average molecular weight is 420 g/mol. The Kier molecular flexibility index (Phi) is 5.79. The minimum absolute atomic E-state index is 0.0404. The first-order valence-corrected chi connectivity index (χ1v) is 10.0. The van der Waals surface area contributed by atoms with Gasteiger partial charge in [-0.2, -0.15) is 0 Å². The van der Waals surface area contributed by atoms with E-state index in [4.69, 9.17) is 4.74 Å². The van der Waals surface area contributed by atoms with E-state index >= 15 is 0 Å². The second-order valence-corrected chi connectivity index (χ2v) is 7.52. The molecule has 0 saturated carbocycles. The van der Waals surface area contributed by atoms with E-state index in [2.05, 4.69) is 16.4 Å². The van der Waals surface area contributed by atoms with E-state index in [1.54, 1.807) is 12.1 Å². The summed E-state index contributed by atoms with van der Waals surface area (Å²) in [5.41, 5.74) is 0.496. The number of hydrogen-bond acceptors (Lipinski definition) is 5. The van der Waals surface area contributed by atoms with Crippen molar-refractivity contribution in [3.63, 3.8) is 0 Å². The smallest absolute Gasteiger partial charge is 0.306 e. The van der Waals surface area contributed by atoms with Gasteiger partial charge in [-0.05, 0) is 24.3 Å². The molecule has 0 amide bonds. The number of ether oxygens (including phenoxy) is 1. The molecule has 5 N–H and O–H groups in total. The summed E-state index contributed by atoms with van der Waals surface area (Å²) < 4.78 is 5.81. The number of hydrogen-bond donors (Lipinski definition) is 5. The molecule has 1 aromatic heterocycles. The first kappa shape index (κ1) is 20.7. The van der Waals surface area contributed by atoms with Gasteiger partial charge in [-0.25, -0.2) is 0 Å². The first-order chi connectivity index (χ1) is 15.0. The Bertz CT molecular complexity index is 1220. The van der Waals surface area contributed by atoms with Crippen LogP contribution in [0.25, 0.3) is 21.8 Å². The van der Waals surface area contributed by atoms with Gasteiger partial charge in [0.25, 0.3) is 0 Å².